The second-order valence-corrected chi connectivity index (χ2v) is 6.25. The first kappa shape index (κ1) is 15.4. The van der Waals surface area contributed by atoms with Crippen LogP contribution in [0.2, 0.25) is 0 Å². The van der Waals surface area contributed by atoms with Crippen LogP contribution in [-0.4, -0.2) is 15.7 Å². The number of carbonyl (C=O) groups is 1. The number of benzene rings is 2. The Morgan fingerprint density at radius 2 is 1.92 bits per heavy atom. The van der Waals surface area contributed by atoms with E-state index in [9.17, 15) is 4.79 Å². The topological polar surface area (TPSA) is 46.9 Å². The van der Waals surface area contributed by atoms with Crippen molar-refractivity contribution >= 4 is 12.0 Å². The van der Waals surface area contributed by atoms with Crippen molar-refractivity contribution in [1.82, 2.24) is 15.1 Å². The lowest BCUT2D eigenvalue weighted by Gasteiger charge is -2.12. The molecule has 1 amide bonds. The number of nitrogens with zero attached hydrogens (tertiary/aromatic N) is 2. The van der Waals surface area contributed by atoms with Gasteiger partial charge in [-0.05, 0) is 41.0 Å². The second kappa shape index (κ2) is 6.40. The molecule has 1 N–H and O–H groups in total. The van der Waals surface area contributed by atoms with Crippen LogP contribution in [0.3, 0.4) is 0 Å². The van der Waals surface area contributed by atoms with Crippen LogP contribution in [0.1, 0.15) is 29.5 Å². The van der Waals surface area contributed by atoms with Crippen molar-refractivity contribution in [3.05, 3.63) is 89.3 Å². The fourth-order valence-corrected chi connectivity index (χ4v) is 3.23. The average molecular weight is 329 g/mol. The minimum absolute atomic E-state index is 0.000136. The van der Waals surface area contributed by atoms with E-state index in [4.69, 9.17) is 0 Å². The fourth-order valence-electron chi connectivity index (χ4n) is 3.23. The summed E-state index contributed by atoms with van der Waals surface area (Å²) in [7, 11) is 0. The first-order chi connectivity index (χ1) is 12.2. The Bertz CT molecular complexity index is 924. The molecule has 2 aromatic carbocycles. The molecule has 0 fully saturated rings. The monoisotopic (exact) mass is 329 g/mol. The van der Waals surface area contributed by atoms with Gasteiger partial charge in [0.25, 0.3) is 0 Å². The maximum absolute atomic E-state index is 12.6. The van der Waals surface area contributed by atoms with Gasteiger partial charge in [-0.3, -0.25) is 4.79 Å². The average Bonchev–Trinajstić information content (AvgIpc) is 3.29. The lowest BCUT2D eigenvalue weighted by atomic mass is 9.97. The highest BCUT2D eigenvalue weighted by Crippen LogP contribution is 2.35. The van der Waals surface area contributed by atoms with Crippen LogP contribution in [0.4, 0.5) is 0 Å². The number of hydrogen-bond donors (Lipinski definition) is 1. The molecule has 4 nitrogen and oxygen atoms in total. The second-order valence-electron chi connectivity index (χ2n) is 6.25. The van der Waals surface area contributed by atoms with Gasteiger partial charge in [-0.15, -0.1) is 0 Å². The zero-order valence-electron chi connectivity index (χ0n) is 14.0. The standard InChI is InChI=1S/C21H19N3O/c1-15-19-6-3-2-5-17(19)13-20(15)21(25)22-14-16-7-9-18(10-8-16)24-12-4-11-23-24/h2-13,15H,14H2,1H3,(H,22,25)/t15-/m0/s1. The number of aromatic nitrogens is 2. The largest absolute Gasteiger partial charge is 0.348 e. The maximum Gasteiger partial charge on any atom is 0.248 e. The molecule has 0 saturated carbocycles. The Kier molecular flexibility index (Phi) is 3.94. The normalized spacial score (nSPS) is 15.6. The van der Waals surface area contributed by atoms with Crippen LogP contribution in [-0.2, 0) is 11.3 Å². The lowest BCUT2D eigenvalue weighted by molar-refractivity contribution is -0.117. The minimum Gasteiger partial charge on any atom is -0.348 e. The molecule has 0 aliphatic heterocycles. The third-order valence-corrected chi connectivity index (χ3v) is 4.66. The molecule has 4 heteroatoms. The van der Waals surface area contributed by atoms with E-state index in [1.54, 1.807) is 6.20 Å². The van der Waals surface area contributed by atoms with E-state index in [2.05, 4.69) is 29.5 Å². The molecule has 4 rings (SSSR count). The maximum atomic E-state index is 12.6. The van der Waals surface area contributed by atoms with E-state index in [1.165, 1.54) is 5.56 Å². The number of nitrogens with one attached hydrogen (secondary N) is 1. The molecule has 3 aromatic rings. The van der Waals surface area contributed by atoms with Crippen LogP contribution < -0.4 is 5.32 Å². The van der Waals surface area contributed by atoms with Crippen LogP contribution in [0.5, 0.6) is 0 Å². The summed E-state index contributed by atoms with van der Waals surface area (Å²) in [6.07, 6.45) is 5.65. The van der Waals surface area contributed by atoms with Crippen LogP contribution >= 0.6 is 0 Å². The quantitative estimate of drug-likeness (QED) is 0.793. The number of amides is 1. The molecule has 0 spiro atoms. The van der Waals surface area contributed by atoms with Crippen molar-refractivity contribution in [3.63, 3.8) is 0 Å². The van der Waals surface area contributed by atoms with Crippen molar-refractivity contribution < 1.29 is 4.79 Å². The summed E-state index contributed by atoms with van der Waals surface area (Å²) in [5, 5.41) is 7.24. The van der Waals surface area contributed by atoms with Gasteiger partial charge in [0.05, 0.1) is 5.69 Å². The van der Waals surface area contributed by atoms with Gasteiger partial charge in [-0.25, -0.2) is 4.68 Å². The highest BCUT2D eigenvalue weighted by Gasteiger charge is 2.25. The number of fused-ring (bicyclic) bond motifs is 1. The van der Waals surface area contributed by atoms with Crippen molar-refractivity contribution in [2.45, 2.75) is 19.4 Å². The van der Waals surface area contributed by atoms with Crippen molar-refractivity contribution in [2.24, 2.45) is 0 Å². The smallest absolute Gasteiger partial charge is 0.248 e. The van der Waals surface area contributed by atoms with Gasteiger partial charge in [0.1, 0.15) is 0 Å². The Hall–Kier alpha value is -3.14. The zero-order valence-corrected chi connectivity index (χ0v) is 14.0. The molecule has 1 aliphatic rings. The number of hydrogen-bond acceptors (Lipinski definition) is 2. The molecule has 1 atom stereocenters. The molecular weight excluding hydrogens is 310 g/mol. The molecule has 0 bridgehead atoms. The third kappa shape index (κ3) is 2.98. The highest BCUT2D eigenvalue weighted by atomic mass is 16.1. The summed E-state index contributed by atoms with van der Waals surface area (Å²) in [5.74, 6) is 0.137. The fraction of sp³-hybridized carbons (Fsp3) is 0.143. The summed E-state index contributed by atoms with van der Waals surface area (Å²) >= 11 is 0. The van der Waals surface area contributed by atoms with Crippen LogP contribution in [0.25, 0.3) is 11.8 Å². The van der Waals surface area contributed by atoms with E-state index in [-0.39, 0.29) is 11.8 Å². The minimum atomic E-state index is -0.000136. The Labute approximate surface area is 146 Å². The number of carbonyl (C=O) groups excluding carboxylic acids is 1. The van der Waals surface area contributed by atoms with Gasteiger partial charge in [0.15, 0.2) is 0 Å². The predicted octanol–water partition coefficient (Wildman–Crippen LogP) is 3.69. The molecule has 1 heterocycles. The van der Waals surface area contributed by atoms with Gasteiger partial charge in [-0.1, -0.05) is 43.3 Å². The van der Waals surface area contributed by atoms with Gasteiger partial charge >= 0.3 is 0 Å². The predicted molar refractivity (Wildman–Crippen MR) is 98.2 cm³/mol. The van der Waals surface area contributed by atoms with Crippen LogP contribution in [0.15, 0.2) is 72.6 Å². The summed E-state index contributed by atoms with van der Waals surface area (Å²) < 4.78 is 1.81. The van der Waals surface area contributed by atoms with E-state index >= 15 is 0 Å². The van der Waals surface area contributed by atoms with E-state index in [0.717, 1.165) is 22.4 Å². The molecular formula is C21H19N3O. The lowest BCUT2D eigenvalue weighted by Crippen LogP contribution is -2.25. The molecule has 25 heavy (non-hydrogen) atoms. The highest BCUT2D eigenvalue weighted by molar-refractivity contribution is 6.01. The number of rotatable bonds is 4. The zero-order chi connectivity index (χ0) is 17.2. The summed E-state index contributed by atoms with van der Waals surface area (Å²) in [5.41, 5.74) is 5.25. The van der Waals surface area contributed by atoms with Gasteiger partial charge in [0, 0.05) is 30.4 Å². The Morgan fingerprint density at radius 1 is 1.12 bits per heavy atom. The first-order valence-corrected chi connectivity index (χ1v) is 8.40. The van der Waals surface area contributed by atoms with Gasteiger partial charge < -0.3 is 5.32 Å². The van der Waals surface area contributed by atoms with Gasteiger partial charge in [-0.2, -0.15) is 5.10 Å². The molecule has 1 aliphatic carbocycles. The van der Waals surface area contributed by atoms with Crippen molar-refractivity contribution in [3.8, 4) is 5.69 Å². The van der Waals surface area contributed by atoms with Crippen LogP contribution in [0, 0.1) is 0 Å². The molecule has 0 radical (unpaired) electrons. The Balaban J connectivity index is 1.41. The molecule has 0 saturated heterocycles. The van der Waals surface area contributed by atoms with Crippen molar-refractivity contribution in [1.29, 1.82) is 0 Å². The molecule has 124 valence electrons. The SMILES string of the molecule is C[C@@H]1C(C(=O)NCc2ccc(-n3cccn3)cc2)=Cc2ccccc21. The van der Waals surface area contributed by atoms with Gasteiger partial charge in [0.2, 0.25) is 5.91 Å². The van der Waals surface area contributed by atoms with Crippen molar-refractivity contribution in [2.75, 3.05) is 0 Å². The van der Waals surface area contributed by atoms with E-state index in [1.807, 2.05) is 59.4 Å². The first-order valence-electron chi connectivity index (χ1n) is 8.40. The molecule has 1 aromatic heterocycles. The summed E-state index contributed by atoms with van der Waals surface area (Å²) in [4.78, 5) is 12.6. The van der Waals surface area contributed by atoms with E-state index in [0.29, 0.717) is 6.54 Å². The summed E-state index contributed by atoms with van der Waals surface area (Å²) in [6, 6.07) is 18.1. The van der Waals surface area contributed by atoms with E-state index < -0.39 is 0 Å². The summed E-state index contributed by atoms with van der Waals surface area (Å²) in [6.45, 7) is 2.59. The third-order valence-electron chi connectivity index (χ3n) is 4.66. The molecule has 0 unspecified atom stereocenters. The Morgan fingerprint density at radius 3 is 2.64 bits per heavy atom.